The van der Waals surface area contributed by atoms with Gasteiger partial charge in [0.2, 0.25) is 0 Å². The van der Waals surface area contributed by atoms with Gasteiger partial charge in [-0.05, 0) is 44.3 Å². The summed E-state index contributed by atoms with van der Waals surface area (Å²) >= 11 is 0. The predicted octanol–water partition coefficient (Wildman–Crippen LogP) is 2.69. The number of aromatic hydroxyl groups is 1. The molecule has 32 heavy (non-hydrogen) atoms. The summed E-state index contributed by atoms with van der Waals surface area (Å²) in [5, 5.41) is 18.2. The first kappa shape index (κ1) is 20.2. The Balaban J connectivity index is 1.43. The monoisotopic (exact) mass is 435 g/mol. The molecule has 2 aliphatic heterocycles. The van der Waals surface area contributed by atoms with Crippen molar-refractivity contribution in [1.82, 2.24) is 15.2 Å². The van der Waals surface area contributed by atoms with Crippen molar-refractivity contribution in [3.05, 3.63) is 59.4 Å². The van der Waals surface area contributed by atoms with E-state index in [1.54, 1.807) is 6.07 Å². The van der Waals surface area contributed by atoms with Gasteiger partial charge in [0.1, 0.15) is 17.2 Å². The van der Waals surface area contributed by atoms with Crippen LogP contribution < -0.4 is 5.32 Å². The number of nitrogens with zero attached hydrogens (tertiary/aromatic N) is 3. The lowest BCUT2D eigenvalue weighted by atomic mass is 10.0. The van der Waals surface area contributed by atoms with E-state index in [1.807, 2.05) is 31.3 Å². The molecule has 1 unspecified atom stereocenters. The Hall–Kier alpha value is -3.72. The second-order valence-corrected chi connectivity index (χ2v) is 8.04. The highest BCUT2D eigenvalue weighted by Gasteiger charge is 2.29. The highest BCUT2D eigenvalue weighted by Crippen LogP contribution is 2.35. The number of aliphatic imine (C=N–C) groups is 1. The molecule has 0 radical (unpaired) electrons. The SMILES string of the molecule is CN1CCC(NC(=O)CO/N=C2/C(c3c(O)[nH]c4ccc(F)cc34)=Nc3ccccc32)C1. The number of hydrogen-bond acceptors (Lipinski definition) is 6. The number of aromatic amines is 1. The van der Waals surface area contributed by atoms with Crippen molar-refractivity contribution in [2.24, 2.45) is 10.1 Å². The fraction of sp³-hybridized carbons (Fsp3) is 0.261. The molecule has 2 aromatic carbocycles. The number of nitrogens with one attached hydrogen (secondary N) is 2. The molecular weight excluding hydrogens is 413 g/mol. The number of para-hydroxylation sites is 1. The average Bonchev–Trinajstić information content (AvgIpc) is 3.42. The molecule has 1 saturated heterocycles. The number of halogens is 1. The van der Waals surface area contributed by atoms with Crippen LogP contribution in [-0.4, -0.2) is 65.1 Å². The third kappa shape index (κ3) is 3.71. The number of aromatic nitrogens is 1. The van der Waals surface area contributed by atoms with Gasteiger partial charge in [0.15, 0.2) is 12.5 Å². The Morgan fingerprint density at radius 1 is 1.38 bits per heavy atom. The number of hydrogen-bond donors (Lipinski definition) is 3. The van der Waals surface area contributed by atoms with Crippen LogP contribution in [0.3, 0.4) is 0 Å². The summed E-state index contributed by atoms with van der Waals surface area (Å²) in [6.07, 6.45) is 0.900. The molecule has 3 heterocycles. The van der Waals surface area contributed by atoms with Gasteiger partial charge < -0.3 is 25.1 Å². The lowest BCUT2D eigenvalue weighted by molar-refractivity contribution is -0.126. The van der Waals surface area contributed by atoms with Crippen molar-refractivity contribution >= 4 is 33.9 Å². The molecule has 9 heteroatoms. The molecule has 1 fully saturated rings. The van der Waals surface area contributed by atoms with E-state index in [4.69, 9.17) is 4.84 Å². The van der Waals surface area contributed by atoms with Gasteiger partial charge in [-0.3, -0.25) is 4.79 Å². The highest BCUT2D eigenvalue weighted by molar-refractivity contribution is 6.58. The van der Waals surface area contributed by atoms with Crippen LogP contribution in [0.25, 0.3) is 10.9 Å². The fourth-order valence-corrected chi connectivity index (χ4v) is 4.21. The number of likely N-dealkylation sites (N-methyl/N-ethyl adjacent to an activating group) is 1. The van der Waals surface area contributed by atoms with E-state index < -0.39 is 5.82 Å². The summed E-state index contributed by atoms with van der Waals surface area (Å²) in [4.78, 5) is 27.3. The normalized spacial score (nSPS) is 19.4. The first-order chi connectivity index (χ1) is 15.5. The molecule has 1 atom stereocenters. The van der Waals surface area contributed by atoms with E-state index in [0.717, 1.165) is 19.5 Å². The molecule has 1 aromatic heterocycles. The molecule has 2 aliphatic rings. The second-order valence-electron chi connectivity index (χ2n) is 8.04. The van der Waals surface area contributed by atoms with E-state index >= 15 is 0 Å². The molecule has 3 N–H and O–H groups in total. The van der Waals surface area contributed by atoms with E-state index in [-0.39, 0.29) is 24.4 Å². The summed E-state index contributed by atoms with van der Waals surface area (Å²) in [6, 6.07) is 11.6. The van der Waals surface area contributed by atoms with Gasteiger partial charge in [-0.15, -0.1) is 0 Å². The van der Waals surface area contributed by atoms with Gasteiger partial charge in [0.05, 0.1) is 11.3 Å². The van der Waals surface area contributed by atoms with Crippen LogP contribution in [0.1, 0.15) is 17.5 Å². The smallest absolute Gasteiger partial charge is 0.261 e. The van der Waals surface area contributed by atoms with E-state index in [9.17, 15) is 14.3 Å². The van der Waals surface area contributed by atoms with Crippen molar-refractivity contribution in [3.8, 4) is 5.88 Å². The summed E-state index contributed by atoms with van der Waals surface area (Å²) < 4.78 is 13.9. The fourth-order valence-electron chi connectivity index (χ4n) is 4.21. The summed E-state index contributed by atoms with van der Waals surface area (Å²) in [7, 11) is 2.01. The van der Waals surface area contributed by atoms with Crippen molar-refractivity contribution < 1.29 is 19.1 Å². The molecule has 0 saturated carbocycles. The minimum Gasteiger partial charge on any atom is -0.494 e. The van der Waals surface area contributed by atoms with Crippen molar-refractivity contribution in [1.29, 1.82) is 0 Å². The zero-order valence-electron chi connectivity index (χ0n) is 17.4. The van der Waals surface area contributed by atoms with Gasteiger partial charge >= 0.3 is 0 Å². The number of rotatable bonds is 5. The topological polar surface area (TPSA) is 102 Å². The molecule has 0 spiro atoms. The molecule has 5 rings (SSSR count). The minimum absolute atomic E-state index is 0.103. The van der Waals surface area contributed by atoms with Gasteiger partial charge in [-0.25, -0.2) is 9.38 Å². The Morgan fingerprint density at radius 2 is 2.22 bits per heavy atom. The summed E-state index contributed by atoms with van der Waals surface area (Å²) in [5.41, 5.74) is 2.96. The van der Waals surface area contributed by atoms with E-state index in [0.29, 0.717) is 39.1 Å². The zero-order chi connectivity index (χ0) is 22.2. The summed E-state index contributed by atoms with van der Waals surface area (Å²) in [5.74, 6) is -0.831. The number of amides is 1. The lowest BCUT2D eigenvalue weighted by Gasteiger charge is -2.12. The first-order valence-corrected chi connectivity index (χ1v) is 10.4. The van der Waals surface area contributed by atoms with Crippen LogP contribution in [0.2, 0.25) is 0 Å². The van der Waals surface area contributed by atoms with E-state index in [1.165, 1.54) is 12.1 Å². The van der Waals surface area contributed by atoms with Crippen LogP contribution in [0, 0.1) is 5.82 Å². The largest absolute Gasteiger partial charge is 0.494 e. The quantitative estimate of drug-likeness (QED) is 0.536. The number of H-pyrrole nitrogens is 1. The van der Waals surface area contributed by atoms with Gasteiger partial charge in [-0.2, -0.15) is 0 Å². The van der Waals surface area contributed by atoms with E-state index in [2.05, 4.69) is 25.3 Å². The van der Waals surface area contributed by atoms with Crippen LogP contribution in [0.4, 0.5) is 10.1 Å². The average molecular weight is 435 g/mol. The summed E-state index contributed by atoms with van der Waals surface area (Å²) in [6.45, 7) is 1.51. The zero-order valence-corrected chi connectivity index (χ0v) is 17.4. The molecular formula is C23H22FN5O3. The molecule has 0 aliphatic carbocycles. The maximum atomic E-state index is 13.9. The van der Waals surface area contributed by atoms with Crippen LogP contribution in [0.5, 0.6) is 5.88 Å². The molecule has 164 valence electrons. The number of benzene rings is 2. The van der Waals surface area contributed by atoms with Crippen LogP contribution >= 0.6 is 0 Å². The molecule has 0 bridgehead atoms. The number of fused-ring (bicyclic) bond motifs is 2. The van der Waals surface area contributed by atoms with Gasteiger partial charge in [0, 0.05) is 29.1 Å². The molecule has 3 aromatic rings. The third-order valence-corrected chi connectivity index (χ3v) is 5.70. The maximum absolute atomic E-state index is 13.9. The van der Waals surface area contributed by atoms with Crippen molar-refractivity contribution in [3.63, 3.8) is 0 Å². The lowest BCUT2D eigenvalue weighted by Crippen LogP contribution is -2.38. The predicted molar refractivity (Wildman–Crippen MR) is 119 cm³/mol. The Morgan fingerprint density at radius 3 is 3.03 bits per heavy atom. The Labute approximate surface area is 183 Å². The Kier molecular flexibility index (Phi) is 5.10. The van der Waals surface area contributed by atoms with Gasteiger partial charge in [0.25, 0.3) is 5.91 Å². The first-order valence-electron chi connectivity index (χ1n) is 10.4. The standard InChI is InChI=1S/C23H22FN5O3/c1-29-9-8-14(11-29)25-19(30)12-32-28-21-15-4-2-3-5-17(15)26-22(21)20-16-10-13(24)6-7-18(16)27-23(20)31/h2-7,10,14,27,31H,8-9,11-12H2,1H3,(H,25,30)/b28-21+. The minimum atomic E-state index is -0.433. The highest BCUT2D eigenvalue weighted by atomic mass is 19.1. The number of likely N-dealkylation sites (tertiary alicyclic amines) is 1. The van der Waals surface area contributed by atoms with Crippen LogP contribution in [-0.2, 0) is 9.63 Å². The van der Waals surface area contributed by atoms with Crippen molar-refractivity contribution in [2.75, 3.05) is 26.7 Å². The van der Waals surface area contributed by atoms with Gasteiger partial charge in [-0.1, -0.05) is 23.4 Å². The molecule has 1 amide bonds. The van der Waals surface area contributed by atoms with Crippen LogP contribution in [0.15, 0.2) is 52.6 Å². The molecule has 8 nitrogen and oxygen atoms in total. The Bertz CT molecular complexity index is 1270. The number of oxime groups is 1. The van der Waals surface area contributed by atoms with Crippen molar-refractivity contribution in [2.45, 2.75) is 12.5 Å². The maximum Gasteiger partial charge on any atom is 0.261 e. The third-order valence-electron chi connectivity index (χ3n) is 5.70. The second kappa shape index (κ2) is 8.08. The number of carbonyl (C=O) groups excluding carboxylic acids is 1. The number of carbonyl (C=O) groups is 1.